The molecule has 0 atom stereocenters. The van der Waals surface area contributed by atoms with Crippen LogP contribution in [0, 0.1) is 12.7 Å². The predicted octanol–water partition coefficient (Wildman–Crippen LogP) is 3.98. The van der Waals surface area contributed by atoms with Gasteiger partial charge in [0.15, 0.2) is 12.4 Å². The standard InChI is InChI=1S/C23H24ClFN4O2/c1-17-5-6-20(24)22(13-17)31-16-29-8-7-21(26-29)23(30)28-11-9-27(10-12-28)15-18-3-2-4-19(25)14-18/h2-8,13-14H,9-12,15-16H2,1H3. The molecule has 2 heterocycles. The van der Waals surface area contributed by atoms with E-state index in [2.05, 4.69) is 10.00 Å². The second-order valence-corrected chi connectivity index (χ2v) is 8.05. The fraction of sp³-hybridized carbons (Fsp3) is 0.304. The Balaban J connectivity index is 1.29. The molecule has 31 heavy (non-hydrogen) atoms. The fourth-order valence-corrected chi connectivity index (χ4v) is 3.74. The van der Waals surface area contributed by atoms with Crippen molar-refractivity contribution in [3.05, 3.63) is 82.4 Å². The number of benzene rings is 2. The highest BCUT2D eigenvalue weighted by Gasteiger charge is 2.23. The summed E-state index contributed by atoms with van der Waals surface area (Å²) in [5.41, 5.74) is 2.37. The molecule has 0 unspecified atom stereocenters. The molecule has 4 rings (SSSR count). The average molecular weight is 443 g/mol. The van der Waals surface area contributed by atoms with Crippen molar-refractivity contribution in [2.75, 3.05) is 26.2 Å². The van der Waals surface area contributed by atoms with E-state index in [1.54, 1.807) is 40.0 Å². The van der Waals surface area contributed by atoms with Crippen molar-refractivity contribution in [2.45, 2.75) is 20.2 Å². The fourth-order valence-electron chi connectivity index (χ4n) is 3.57. The van der Waals surface area contributed by atoms with E-state index in [1.807, 2.05) is 25.1 Å². The third kappa shape index (κ3) is 5.42. The van der Waals surface area contributed by atoms with Gasteiger partial charge >= 0.3 is 0 Å². The second-order valence-electron chi connectivity index (χ2n) is 7.65. The molecular weight excluding hydrogens is 419 g/mol. The maximum absolute atomic E-state index is 13.4. The van der Waals surface area contributed by atoms with Crippen LogP contribution in [0.5, 0.6) is 5.75 Å². The zero-order valence-corrected chi connectivity index (χ0v) is 18.1. The molecule has 0 spiro atoms. The van der Waals surface area contributed by atoms with Crippen LogP contribution in [0.1, 0.15) is 21.6 Å². The Morgan fingerprint density at radius 3 is 2.71 bits per heavy atom. The van der Waals surface area contributed by atoms with Gasteiger partial charge in [0, 0.05) is 38.9 Å². The van der Waals surface area contributed by atoms with Gasteiger partial charge in [0.25, 0.3) is 5.91 Å². The summed E-state index contributed by atoms with van der Waals surface area (Å²) in [6, 6.07) is 13.9. The van der Waals surface area contributed by atoms with Gasteiger partial charge in [0.05, 0.1) is 5.02 Å². The van der Waals surface area contributed by atoms with Crippen LogP contribution < -0.4 is 4.74 Å². The number of amides is 1. The van der Waals surface area contributed by atoms with Crippen LogP contribution in [0.25, 0.3) is 0 Å². The van der Waals surface area contributed by atoms with Gasteiger partial charge in [-0.2, -0.15) is 5.10 Å². The summed E-state index contributed by atoms with van der Waals surface area (Å²) in [6.07, 6.45) is 1.72. The van der Waals surface area contributed by atoms with E-state index in [0.717, 1.165) is 24.2 Å². The Bertz CT molecular complexity index is 1060. The van der Waals surface area contributed by atoms with E-state index in [9.17, 15) is 9.18 Å². The number of carbonyl (C=O) groups excluding carboxylic acids is 1. The first-order valence-corrected chi connectivity index (χ1v) is 10.5. The van der Waals surface area contributed by atoms with Gasteiger partial charge in [-0.15, -0.1) is 0 Å². The molecule has 1 aliphatic heterocycles. The number of halogens is 2. The highest BCUT2D eigenvalue weighted by atomic mass is 35.5. The minimum atomic E-state index is -0.226. The maximum Gasteiger partial charge on any atom is 0.274 e. The molecule has 0 radical (unpaired) electrons. The predicted molar refractivity (Wildman–Crippen MR) is 117 cm³/mol. The molecule has 1 saturated heterocycles. The van der Waals surface area contributed by atoms with E-state index >= 15 is 0 Å². The zero-order chi connectivity index (χ0) is 21.8. The van der Waals surface area contributed by atoms with Gasteiger partial charge in [-0.25, -0.2) is 9.07 Å². The average Bonchev–Trinajstić information content (AvgIpc) is 3.23. The summed E-state index contributed by atoms with van der Waals surface area (Å²) >= 11 is 6.15. The minimum absolute atomic E-state index is 0.0993. The summed E-state index contributed by atoms with van der Waals surface area (Å²) in [7, 11) is 0. The number of aromatic nitrogens is 2. The number of hydrogen-bond donors (Lipinski definition) is 0. The third-order valence-corrected chi connectivity index (χ3v) is 5.57. The number of aryl methyl sites for hydroxylation is 1. The Labute approximate surface area is 185 Å². The molecule has 0 bridgehead atoms. The quantitative estimate of drug-likeness (QED) is 0.579. The molecule has 0 N–H and O–H groups in total. The van der Waals surface area contributed by atoms with E-state index in [4.69, 9.17) is 16.3 Å². The number of hydrogen-bond acceptors (Lipinski definition) is 4. The third-order valence-electron chi connectivity index (χ3n) is 5.25. The van der Waals surface area contributed by atoms with Crippen molar-refractivity contribution >= 4 is 17.5 Å². The lowest BCUT2D eigenvalue weighted by atomic mass is 10.2. The molecule has 6 nitrogen and oxygen atoms in total. The van der Waals surface area contributed by atoms with Gasteiger partial charge in [-0.3, -0.25) is 9.69 Å². The molecule has 1 aromatic heterocycles. The first-order valence-electron chi connectivity index (χ1n) is 10.2. The Morgan fingerprint density at radius 2 is 1.94 bits per heavy atom. The van der Waals surface area contributed by atoms with E-state index < -0.39 is 0 Å². The smallest absolute Gasteiger partial charge is 0.274 e. The first kappa shape index (κ1) is 21.3. The van der Waals surface area contributed by atoms with Crippen LogP contribution in [0.2, 0.25) is 5.02 Å². The Kier molecular flexibility index (Phi) is 6.53. The summed E-state index contributed by atoms with van der Waals surface area (Å²) in [5.74, 6) is 0.257. The van der Waals surface area contributed by atoms with Crippen LogP contribution in [-0.2, 0) is 13.3 Å². The first-order chi connectivity index (χ1) is 15.0. The van der Waals surface area contributed by atoms with Gasteiger partial charge < -0.3 is 9.64 Å². The van der Waals surface area contributed by atoms with Crippen LogP contribution in [0.15, 0.2) is 54.7 Å². The monoisotopic (exact) mass is 442 g/mol. The van der Waals surface area contributed by atoms with Crippen molar-refractivity contribution in [3.63, 3.8) is 0 Å². The summed E-state index contributed by atoms with van der Waals surface area (Å²) < 4.78 is 20.7. The van der Waals surface area contributed by atoms with Crippen LogP contribution in [0.3, 0.4) is 0 Å². The molecule has 1 fully saturated rings. The van der Waals surface area contributed by atoms with Crippen LogP contribution in [-0.4, -0.2) is 51.7 Å². The lowest BCUT2D eigenvalue weighted by Gasteiger charge is -2.34. The molecule has 0 aliphatic carbocycles. The number of piperazine rings is 1. The van der Waals surface area contributed by atoms with Crippen LogP contribution >= 0.6 is 11.6 Å². The van der Waals surface area contributed by atoms with E-state index in [-0.39, 0.29) is 18.5 Å². The van der Waals surface area contributed by atoms with Crippen molar-refractivity contribution in [3.8, 4) is 5.75 Å². The molecular formula is C23H24ClFN4O2. The minimum Gasteiger partial charge on any atom is -0.470 e. The van der Waals surface area contributed by atoms with Crippen molar-refractivity contribution in [1.29, 1.82) is 0 Å². The number of rotatable bonds is 6. The molecule has 3 aromatic rings. The number of nitrogens with zero attached hydrogens (tertiary/aromatic N) is 4. The van der Waals surface area contributed by atoms with Crippen molar-refractivity contribution < 1.29 is 13.9 Å². The van der Waals surface area contributed by atoms with E-state index in [0.29, 0.717) is 36.1 Å². The van der Waals surface area contributed by atoms with E-state index in [1.165, 1.54) is 6.07 Å². The zero-order valence-electron chi connectivity index (χ0n) is 17.3. The maximum atomic E-state index is 13.4. The molecule has 8 heteroatoms. The normalized spacial score (nSPS) is 14.6. The Hall–Kier alpha value is -2.90. The van der Waals surface area contributed by atoms with Crippen molar-refractivity contribution in [1.82, 2.24) is 19.6 Å². The summed E-state index contributed by atoms with van der Waals surface area (Å²) in [6.45, 7) is 5.49. The molecule has 2 aromatic carbocycles. The van der Waals surface area contributed by atoms with Crippen molar-refractivity contribution in [2.24, 2.45) is 0 Å². The highest BCUT2D eigenvalue weighted by molar-refractivity contribution is 6.32. The van der Waals surface area contributed by atoms with Gasteiger partial charge in [0.1, 0.15) is 11.6 Å². The lowest BCUT2D eigenvalue weighted by Crippen LogP contribution is -2.48. The summed E-state index contributed by atoms with van der Waals surface area (Å²) in [4.78, 5) is 16.8. The number of carbonyl (C=O) groups is 1. The van der Waals surface area contributed by atoms with Gasteiger partial charge in [-0.05, 0) is 48.4 Å². The van der Waals surface area contributed by atoms with Gasteiger partial charge in [-0.1, -0.05) is 29.8 Å². The second kappa shape index (κ2) is 9.49. The summed E-state index contributed by atoms with van der Waals surface area (Å²) in [5, 5.41) is 4.88. The SMILES string of the molecule is Cc1ccc(Cl)c(OCn2ccc(C(=O)N3CCN(Cc4cccc(F)c4)CC3)n2)c1. The highest BCUT2D eigenvalue weighted by Crippen LogP contribution is 2.25. The van der Waals surface area contributed by atoms with Gasteiger partial charge in [0.2, 0.25) is 0 Å². The molecule has 162 valence electrons. The molecule has 1 aliphatic rings. The molecule has 0 saturated carbocycles. The topological polar surface area (TPSA) is 50.6 Å². The molecule has 1 amide bonds. The number of ether oxygens (including phenoxy) is 1. The van der Waals surface area contributed by atoms with Crippen LogP contribution in [0.4, 0.5) is 4.39 Å². The lowest BCUT2D eigenvalue weighted by molar-refractivity contribution is 0.0620. The Morgan fingerprint density at radius 1 is 1.13 bits per heavy atom. The largest absolute Gasteiger partial charge is 0.470 e.